The van der Waals surface area contributed by atoms with E-state index in [1.54, 1.807) is 6.07 Å². The van der Waals surface area contributed by atoms with Crippen molar-refractivity contribution in [3.8, 4) is 5.75 Å². The van der Waals surface area contributed by atoms with E-state index in [-0.39, 0.29) is 22.5 Å². The number of ether oxygens (including phenoxy) is 1. The van der Waals surface area contributed by atoms with Gasteiger partial charge in [0.05, 0.1) is 12.0 Å². The SMILES string of the molecule is CCC(CC(C)(C)C)(C(=O)OCCc1cccc2c(O)cccc12)C(C)(C)C. The molecule has 1 N–H and O–H groups in total. The van der Waals surface area contributed by atoms with Crippen LogP contribution in [0, 0.1) is 16.2 Å². The van der Waals surface area contributed by atoms with Crippen LogP contribution in [0.2, 0.25) is 0 Å². The van der Waals surface area contributed by atoms with Gasteiger partial charge in [-0.2, -0.15) is 0 Å². The number of aromatic hydroxyl groups is 1. The Labute approximate surface area is 170 Å². The van der Waals surface area contributed by atoms with Crippen LogP contribution in [0.5, 0.6) is 5.75 Å². The Kier molecular flexibility index (Phi) is 6.48. The van der Waals surface area contributed by atoms with Crippen LogP contribution in [-0.4, -0.2) is 17.7 Å². The summed E-state index contributed by atoms with van der Waals surface area (Å²) < 4.78 is 5.85. The molecule has 0 saturated heterocycles. The summed E-state index contributed by atoms with van der Waals surface area (Å²) in [5, 5.41) is 11.9. The summed E-state index contributed by atoms with van der Waals surface area (Å²) >= 11 is 0. The highest BCUT2D eigenvalue weighted by Crippen LogP contribution is 2.50. The molecular formula is C25H36O3. The molecule has 2 rings (SSSR count). The standard InChI is InChI=1S/C25H36O3/c1-8-25(24(5,6)7,17-23(2,3)4)22(27)28-16-15-18-11-9-13-20-19(18)12-10-14-21(20)26/h9-14,26H,8,15-17H2,1-7H3. The number of hydrogen-bond acceptors (Lipinski definition) is 3. The molecule has 0 saturated carbocycles. The van der Waals surface area contributed by atoms with Gasteiger partial charge >= 0.3 is 5.97 Å². The van der Waals surface area contributed by atoms with E-state index in [0.29, 0.717) is 13.0 Å². The molecule has 28 heavy (non-hydrogen) atoms. The molecule has 0 aliphatic rings. The smallest absolute Gasteiger partial charge is 0.312 e. The maximum Gasteiger partial charge on any atom is 0.312 e. The molecule has 0 aromatic heterocycles. The quantitative estimate of drug-likeness (QED) is 0.577. The second-order valence-electron chi connectivity index (χ2n) is 10.1. The normalized spacial score (nSPS) is 14.7. The van der Waals surface area contributed by atoms with Crippen LogP contribution in [0.3, 0.4) is 0 Å². The fourth-order valence-corrected chi connectivity index (χ4v) is 4.32. The number of phenols is 1. The zero-order valence-electron chi connectivity index (χ0n) is 18.6. The minimum atomic E-state index is -0.512. The summed E-state index contributed by atoms with van der Waals surface area (Å²) in [4.78, 5) is 13.3. The second-order valence-corrected chi connectivity index (χ2v) is 10.1. The van der Waals surface area contributed by atoms with Gasteiger partial charge in [-0.25, -0.2) is 0 Å². The van der Waals surface area contributed by atoms with Crippen molar-refractivity contribution in [2.45, 2.75) is 67.7 Å². The monoisotopic (exact) mass is 384 g/mol. The summed E-state index contributed by atoms with van der Waals surface area (Å²) in [5.41, 5.74) is 0.421. The van der Waals surface area contributed by atoms with Crippen molar-refractivity contribution in [3.05, 3.63) is 42.0 Å². The molecule has 0 aliphatic heterocycles. The largest absolute Gasteiger partial charge is 0.507 e. The molecule has 0 aliphatic carbocycles. The topological polar surface area (TPSA) is 46.5 Å². The third-order valence-corrected chi connectivity index (χ3v) is 5.86. The molecule has 0 amide bonds. The average Bonchev–Trinajstić information content (AvgIpc) is 2.58. The van der Waals surface area contributed by atoms with E-state index in [4.69, 9.17) is 4.74 Å². The van der Waals surface area contributed by atoms with E-state index in [2.05, 4.69) is 48.5 Å². The zero-order chi connectivity index (χ0) is 21.2. The highest BCUT2D eigenvalue weighted by molar-refractivity contribution is 5.90. The molecule has 1 unspecified atom stereocenters. The van der Waals surface area contributed by atoms with Crippen molar-refractivity contribution in [2.75, 3.05) is 6.61 Å². The summed E-state index contributed by atoms with van der Waals surface area (Å²) in [6, 6.07) is 11.4. The Morgan fingerprint density at radius 2 is 1.57 bits per heavy atom. The fraction of sp³-hybridized carbons (Fsp3) is 0.560. The van der Waals surface area contributed by atoms with E-state index in [1.807, 2.05) is 30.3 Å². The van der Waals surface area contributed by atoms with Gasteiger partial charge in [0.25, 0.3) is 0 Å². The average molecular weight is 385 g/mol. The van der Waals surface area contributed by atoms with Gasteiger partial charge in [0, 0.05) is 11.8 Å². The van der Waals surface area contributed by atoms with E-state index in [9.17, 15) is 9.90 Å². The number of fused-ring (bicyclic) bond motifs is 1. The van der Waals surface area contributed by atoms with Crippen LogP contribution in [0.25, 0.3) is 10.8 Å². The number of esters is 1. The first-order chi connectivity index (χ1) is 12.9. The summed E-state index contributed by atoms with van der Waals surface area (Å²) in [5.74, 6) is 0.180. The van der Waals surface area contributed by atoms with E-state index >= 15 is 0 Å². The lowest BCUT2D eigenvalue weighted by Gasteiger charge is -2.45. The lowest BCUT2D eigenvalue weighted by atomic mass is 9.59. The van der Waals surface area contributed by atoms with Crippen LogP contribution in [-0.2, 0) is 16.0 Å². The maximum absolute atomic E-state index is 13.3. The number of carbonyl (C=O) groups is 1. The van der Waals surface area contributed by atoms with Gasteiger partial charge < -0.3 is 9.84 Å². The lowest BCUT2D eigenvalue weighted by molar-refractivity contribution is -0.167. The third kappa shape index (κ3) is 4.68. The Morgan fingerprint density at radius 1 is 0.964 bits per heavy atom. The van der Waals surface area contributed by atoms with Crippen LogP contribution >= 0.6 is 0 Å². The van der Waals surface area contributed by atoms with Crippen LogP contribution in [0.1, 0.15) is 66.9 Å². The molecule has 3 heteroatoms. The summed E-state index contributed by atoms with van der Waals surface area (Å²) in [6.45, 7) is 15.4. The molecule has 0 fully saturated rings. The Hall–Kier alpha value is -2.03. The van der Waals surface area contributed by atoms with Gasteiger partial charge in [0.2, 0.25) is 0 Å². The second kappa shape index (κ2) is 8.14. The molecule has 2 aromatic carbocycles. The van der Waals surface area contributed by atoms with Crippen LogP contribution in [0.4, 0.5) is 0 Å². The van der Waals surface area contributed by atoms with E-state index in [0.717, 1.165) is 29.2 Å². The minimum Gasteiger partial charge on any atom is -0.507 e. The predicted molar refractivity (Wildman–Crippen MR) is 117 cm³/mol. The molecule has 3 nitrogen and oxygen atoms in total. The van der Waals surface area contributed by atoms with E-state index in [1.165, 1.54) is 0 Å². The summed E-state index contributed by atoms with van der Waals surface area (Å²) in [6.07, 6.45) is 2.18. The van der Waals surface area contributed by atoms with Gasteiger partial charge in [-0.15, -0.1) is 0 Å². The number of carbonyl (C=O) groups excluding carboxylic acids is 1. The molecule has 0 heterocycles. The first kappa shape index (κ1) is 22.3. The molecule has 0 bridgehead atoms. The van der Waals surface area contributed by atoms with Gasteiger partial charge in [0.15, 0.2) is 0 Å². The van der Waals surface area contributed by atoms with Crippen molar-refractivity contribution < 1.29 is 14.6 Å². The van der Waals surface area contributed by atoms with Crippen molar-refractivity contribution in [1.82, 2.24) is 0 Å². The molecule has 0 radical (unpaired) electrons. The first-order valence-corrected chi connectivity index (χ1v) is 10.3. The van der Waals surface area contributed by atoms with Crippen molar-refractivity contribution >= 4 is 16.7 Å². The third-order valence-electron chi connectivity index (χ3n) is 5.86. The number of rotatable bonds is 6. The Bertz CT molecular complexity index is 824. The van der Waals surface area contributed by atoms with E-state index < -0.39 is 5.41 Å². The highest BCUT2D eigenvalue weighted by atomic mass is 16.5. The number of hydrogen-bond donors (Lipinski definition) is 1. The van der Waals surface area contributed by atoms with Gasteiger partial charge in [0.1, 0.15) is 5.75 Å². The molecule has 154 valence electrons. The van der Waals surface area contributed by atoms with Crippen molar-refractivity contribution in [1.29, 1.82) is 0 Å². The minimum absolute atomic E-state index is 0.0372. The molecule has 0 spiro atoms. The molecular weight excluding hydrogens is 348 g/mol. The van der Waals surface area contributed by atoms with Gasteiger partial charge in [-0.3, -0.25) is 4.79 Å². The number of phenolic OH excluding ortho intramolecular Hbond substituents is 1. The molecule has 2 aromatic rings. The lowest BCUT2D eigenvalue weighted by Crippen LogP contribution is -2.46. The van der Waals surface area contributed by atoms with Crippen LogP contribution in [0.15, 0.2) is 36.4 Å². The maximum atomic E-state index is 13.3. The zero-order valence-corrected chi connectivity index (χ0v) is 18.6. The first-order valence-electron chi connectivity index (χ1n) is 10.3. The fourth-order valence-electron chi connectivity index (χ4n) is 4.32. The summed E-state index contributed by atoms with van der Waals surface area (Å²) in [7, 11) is 0. The van der Waals surface area contributed by atoms with Crippen LogP contribution < -0.4 is 0 Å². The molecule has 1 atom stereocenters. The Morgan fingerprint density at radius 3 is 2.14 bits per heavy atom. The van der Waals surface area contributed by atoms with Crippen molar-refractivity contribution in [2.24, 2.45) is 16.2 Å². The van der Waals surface area contributed by atoms with Gasteiger partial charge in [-0.1, -0.05) is 78.8 Å². The predicted octanol–water partition coefficient (Wildman–Crippen LogP) is 6.51. The Balaban J connectivity index is 2.19. The van der Waals surface area contributed by atoms with Gasteiger partial charge in [-0.05, 0) is 40.7 Å². The highest BCUT2D eigenvalue weighted by Gasteiger charge is 2.50. The number of benzene rings is 2. The van der Waals surface area contributed by atoms with Crippen molar-refractivity contribution in [3.63, 3.8) is 0 Å².